The van der Waals surface area contributed by atoms with Gasteiger partial charge < -0.3 is 15.2 Å². The van der Waals surface area contributed by atoms with Crippen LogP contribution < -0.4 is 15.2 Å². The zero-order chi connectivity index (χ0) is 10.2. The van der Waals surface area contributed by atoms with Crippen LogP contribution in [0.5, 0.6) is 11.5 Å². The van der Waals surface area contributed by atoms with Gasteiger partial charge in [0.1, 0.15) is 13.2 Å². The van der Waals surface area contributed by atoms with E-state index in [2.05, 4.69) is 0 Å². The standard InChI is InChI=1S/C11H15NO2/c1-11(2,12)8-3-4-9-10(7-8)14-6-5-13-9/h3-4,7H,5-6,12H2,1-2H3. The van der Waals surface area contributed by atoms with E-state index in [1.165, 1.54) is 0 Å². The van der Waals surface area contributed by atoms with Gasteiger partial charge in [0, 0.05) is 5.54 Å². The summed E-state index contributed by atoms with van der Waals surface area (Å²) in [5.74, 6) is 1.61. The summed E-state index contributed by atoms with van der Waals surface area (Å²) in [5, 5.41) is 0. The van der Waals surface area contributed by atoms with Crippen LogP contribution in [0.2, 0.25) is 0 Å². The topological polar surface area (TPSA) is 44.5 Å². The second-order valence-electron chi connectivity index (χ2n) is 4.08. The first-order valence-corrected chi connectivity index (χ1v) is 4.76. The molecule has 0 amide bonds. The van der Waals surface area contributed by atoms with Gasteiger partial charge in [0.05, 0.1) is 0 Å². The van der Waals surface area contributed by atoms with E-state index in [1.807, 2.05) is 32.0 Å². The van der Waals surface area contributed by atoms with Crippen molar-refractivity contribution >= 4 is 0 Å². The summed E-state index contributed by atoms with van der Waals surface area (Å²) in [4.78, 5) is 0. The van der Waals surface area contributed by atoms with Crippen molar-refractivity contribution in [1.82, 2.24) is 0 Å². The van der Waals surface area contributed by atoms with E-state index in [0.29, 0.717) is 13.2 Å². The molecule has 1 heterocycles. The predicted octanol–water partition coefficient (Wildman–Crippen LogP) is 1.65. The van der Waals surface area contributed by atoms with Gasteiger partial charge in [0.25, 0.3) is 0 Å². The van der Waals surface area contributed by atoms with Crippen molar-refractivity contribution < 1.29 is 9.47 Å². The van der Waals surface area contributed by atoms with Gasteiger partial charge in [0.2, 0.25) is 0 Å². The van der Waals surface area contributed by atoms with Gasteiger partial charge in [-0.3, -0.25) is 0 Å². The maximum atomic E-state index is 5.99. The minimum atomic E-state index is -0.337. The zero-order valence-electron chi connectivity index (χ0n) is 8.54. The minimum absolute atomic E-state index is 0.337. The zero-order valence-corrected chi connectivity index (χ0v) is 8.54. The Hall–Kier alpha value is -1.22. The minimum Gasteiger partial charge on any atom is -0.486 e. The third-order valence-electron chi connectivity index (χ3n) is 2.29. The maximum Gasteiger partial charge on any atom is 0.161 e. The monoisotopic (exact) mass is 193 g/mol. The highest BCUT2D eigenvalue weighted by Gasteiger charge is 2.18. The second kappa shape index (κ2) is 3.17. The van der Waals surface area contributed by atoms with Gasteiger partial charge in [-0.25, -0.2) is 0 Å². The third kappa shape index (κ3) is 1.68. The summed E-state index contributed by atoms with van der Waals surface area (Å²) < 4.78 is 10.9. The highest BCUT2D eigenvalue weighted by Crippen LogP contribution is 2.33. The Labute approximate surface area is 83.8 Å². The molecule has 0 unspecified atom stereocenters. The van der Waals surface area contributed by atoms with Crippen molar-refractivity contribution in [3.63, 3.8) is 0 Å². The molecule has 0 aliphatic carbocycles. The normalized spacial score (nSPS) is 15.4. The van der Waals surface area contributed by atoms with E-state index >= 15 is 0 Å². The van der Waals surface area contributed by atoms with Gasteiger partial charge in [0.15, 0.2) is 11.5 Å². The molecule has 3 heteroatoms. The molecule has 1 aliphatic rings. The summed E-state index contributed by atoms with van der Waals surface area (Å²) in [6, 6.07) is 5.85. The van der Waals surface area contributed by atoms with E-state index in [1.54, 1.807) is 0 Å². The number of nitrogens with two attached hydrogens (primary N) is 1. The van der Waals surface area contributed by atoms with Crippen molar-refractivity contribution in [3.8, 4) is 11.5 Å². The Balaban J connectivity index is 2.39. The molecule has 2 N–H and O–H groups in total. The van der Waals surface area contributed by atoms with Gasteiger partial charge in [-0.1, -0.05) is 6.07 Å². The van der Waals surface area contributed by atoms with Gasteiger partial charge in [-0.15, -0.1) is 0 Å². The Morgan fingerprint density at radius 1 is 1.14 bits per heavy atom. The number of hydrogen-bond donors (Lipinski definition) is 1. The molecule has 0 saturated heterocycles. The molecule has 1 aromatic carbocycles. The molecule has 0 radical (unpaired) electrons. The fourth-order valence-corrected chi connectivity index (χ4v) is 1.44. The second-order valence-corrected chi connectivity index (χ2v) is 4.08. The molecule has 3 nitrogen and oxygen atoms in total. The van der Waals surface area contributed by atoms with Crippen LogP contribution in [0.3, 0.4) is 0 Å². The Morgan fingerprint density at radius 3 is 2.43 bits per heavy atom. The number of hydrogen-bond acceptors (Lipinski definition) is 3. The van der Waals surface area contributed by atoms with Crippen LogP contribution in [0.15, 0.2) is 18.2 Å². The molecule has 0 saturated carbocycles. The first kappa shape index (κ1) is 9.34. The van der Waals surface area contributed by atoms with Crippen molar-refractivity contribution in [2.24, 2.45) is 5.73 Å². The SMILES string of the molecule is CC(C)(N)c1ccc2c(c1)OCCO2. The first-order valence-electron chi connectivity index (χ1n) is 4.76. The Bertz CT molecular complexity index is 342. The van der Waals surface area contributed by atoms with Crippen LogP contribution >= 0.6 is 0 Å². The van der Waals surface area contributed by atoms with Crippen molar-refractivity contribution in [3.05, 3.63) is 23.8 Å². The summed E-state index contributed by atoms with van der Waals surface area (Å²) in [6.07, 6.45) is 0. The average Bonchev–Trinajstić information content (AvgIpc) is 2.16. The predicted molar refractivity (Wildman–Crippen MR) is 54.6 cm³/mol. The van der Waals surface area contributed by atoms with Crippen LogP contribution in [0.1, 0.15) is 19.4 Å². The fourth-order valence-electron chi connectivity index (χ4n) is 1.44. The molecular weight excluding hydrogens is 178 g/mol. The smallest absolute Gasteiger partial charge is 0.161 e. The Morgan fingerprint density at radius 2 is 1.79 bits per heavy atom. The lowest BCUT2D eigenvalue weighted by Crippen LogP contribution is -2.28. The molecule has 0 atom stereocenters. The summed E-state index contributed by atoms with van der Waals surface area (Å²) in [7, 11) is 0. The fraction of sp³-hybridized carbons (Fsp3) is 0.455. The van der Waals surface area contributed by atoms with Crippen LogP contribution in [-0.4, -0.2) is 13.2 Å². The molecule has 0 aromatic heterocycles. The molecule has 1 aromatic rings. The average molecular weight is 193 g/mol. The summed E-state index contributed by atoms with van der Waals surface area (Å²) in [5.41, 5.74) is 6.71. The largest absolute Gasteiger partial charge is 0.486 e. The van der Waals surface area contributed by atoms with Crippen LogP contribution in [0, 0.1) is 0 Å². The van der Waals surface area contributed by atoms with Crippen molar-refractivity contribution in [1.29, 1.82) is 0 Å². The molecular formula is C11H15NO2. The van der Waals surface area contributed by atoms with Crippen molar-refractivity contribution in [2.45, 2.75) is 19.4 Å². The lowest BCUT2D eigenvalue weighted by Gasteiger charge is -2.23. The highest BCUT2D eigenvalue weighted by molar-refractivity contribution is 5.45. The lowest BCUT2D eigenvalue weighted by molar-refractivity contribution is 0.171. The van der Waals surface area contributed by atoms with E-state index in [4.69, 9.17) is 15.2 Å². The molecule has 0 fully saturated rings. The van der Waals surface area contributed by atoms with Gasteiger partial charge >= 0.3 is 0 Å². The van der Waals surface area contributed by atoms with E-state index in [0.717, 1.165) is 17.1 Å². The molecule has 14 heavy (non-hydrogen) atoms. The molecule has 1 aliphatic heterocycles. The quantitative estimate of drug-likeness (QED) is 0.737. The molecule has 76 valence electrons. The summed E-state index contributed by atoms with van der Waals surface area (Å²) in [6.45, 7) is 5.18. The lowest BCUT2D eigenvalue weighted by atomic mass is 9.95. The maximum absolute atomic E-state index is 5.99. The highest BCUT2D eigenvalue weighted by atomic mass is 16.6. The Kier molecular flexibility index (Phi) is 2.11. The van der Waals surface area contributed by atoms with Gasteiger partial charge in [-0.05, 0) is 31.5 Å². The molecule has 0 spiro atoms. The number of ether oxygens (including phenoxy) is 2. The molecule has 2 rings (SSSR count). The van der Waals surface area contributed by atoms with Gasteiger partial charge in [-0.2, -0.15) is 0 Å². The van der Waals surface area contributed by atoms with E-state index in [9.17, 15) is 0 Å². The number of rotatable bonds is 1. The molecule has 0 bridgehead atoms. The van der Waals surface area contributed by atoms with Crippen LogP contribution in [0.4, 0.5) is 0 Å². The van der Waals surface area contributed by atoms with Crippen LogP contribution in [-0.2, 0) is 5.54 Å². The van der Waals surface area contributed by atoms with Crippen molar-refractivity contribution in [2.75, 3.05) is 13.2 Å². The third-order valence-corrected chi connectivity index (χ3v) is 2.29. The first-order chi connectivity index (χ1) is 6.57. The number of fused-ring (bicyclic) bond motifs is 1. The van der Waals surface area contributed by atoms with E-state index in [-0.39, 0.29) is 5.54 Å². The van der Waals surface area contributed by atoms with E-state index < -0.39 is 0 Å². The summed E-state index contributed by atoms with van der Waals surface area (Å²) >= 11 is 0. The number of benzene rings is 1. The van der Waals surface area contributed by atoms with Crippen LogP contribution in [0.25, 0.3) is 0 Å².